The molecular weight excluding hydrogens is 735 g/mol. The summed E-state index contributed by atoms with van der Waals surface area (Å²) in [7, 11) is 6.90. The number of carbonyl (C=O) groups excluding carboxylic acids is 2. The molecule has 13 nitrogen and oxygen atoms in total. The molecule has 10 rings (SSSR count). The minimum atomic E-state index is -0.740. The smallest absolute Gasteiger partial charge is 0.329 e. The summed E-state index contributed by atoms with van der Waals surface area (Å²) in [5.74, 6) is 1.57. The van der Waals surface area contributed by atoms with Crippen LogP contribution in [0.15, 0.2) is 76.6 Å². The number of hydrogen-bond donors (Lipinski definition) is 1. The molecule has 2 amide bonds. The van der Waals surface area contributed by atoms with E-state index in [1.54, 1.807) is 48.2 Å². The van der Waals surface area contributed by atoms with Crippen LogP contribution in [0.25, 0.3) is 44.1 Å². The Balaban J connectivity index is 0.978. The topological polar surface area (TPSA) is 133 Å². The van der Waals surface area contributed by atoms with Crippen LogP contribution < -0.4 is 30.9 Å². The molecule has 0 bridgehead atoms. The van der Waals surface area contributed by atoms with Gasteiger partial charge in [-0.15, -0.1) is 0 Å². The number of aryl methyl sites for hydroxylation is 2. The van der Waals surface area contributed by atoms with Crippen molar-refractivity contribution in [2.24, 2.45) is 14.1 Å². The molecule has 58 heavy (non-hydrogen) atoms. The average molecular weight is 780 g/mol. The molecule has 1 aliphatic carbocycles. The number of rotatable bonds is 8. The number of carbonyl (C=O) groups is 2. The Morgan fingerprint density at radius 3 is 2.36 bits per heavy atom. The van der Waals surface area contributed by atoms with Crippen LogP contribution in [0.1, 0.15) is 54.8 Å². The van der Waals surface area contributed by atoms with Crippen LogP contribution in [0.3, 0.4) is 0 Å². The van der Waals surface area contributed by atoms with E-state index < -0.39 is 11.9 Å². The molecule has 296 valence electrons. The standard InChI is InChI=1S/C45H45N7O6/c1-48-23-32(30-20-39(51-15-6-16-51)46-21-31(30)43(48)55)28-18-37(57-3)33(38(19-28)58-4)24-50-22-27-10-9-26(17-34(27)45(25-50)13-14-45)29-7-5-8-35-41(29)49(2)44(56)52(35)36-11-12-40(53)47-42(36)54/h5,7-10,17-21,23,36H,6,11-16,22,24-25H2,1-4H3,(H,47,53,54). The van der Waals surface area contributed by atoms with Crippen LogP contribution in [-0.4, -0.2) is 69.3 Å². The van der Waals surface area contributed by atoms with Crippen molar-refractivity contribution >= 4 is 39.4 Å². The Morgan fingerprint density at radius 2 is 1.67 bits per heavy atom. The number of piperidine rings is 1. The number of aromatic nitrogens is 4. The third kappa shape index (κ3) is 5.65. The molecule has 0 radical (unpaired) electrons. The lowest BCUT2D eigenvalue weighted by atomic mass is 9.84. The molecule has 1 saturated carbocycles. The van der Waals surface area contributed by atoms with E-state index in [0.29, 0.717) is 17.4 Å². The number of benzene rings is 3. The molecular formula is C45H45N7O6. The van der Waals surface area contributed by atoms with Crippen molar-refractivity contribution in [3.05, 3.63) is 105 Å². The molecule has 3 aromatic carbocycles. The van der Waals surface area contributed by atoms with Crippen molar-refractivity contribution in [2.45, 2.75) is 56.7 Å². The Hall–Kier alpha value is -6.21. The van der Waals surface area contributed by atoms with E-state index in [2.05, 4.69) is 50.4 Å². The van der Waals surface area contributed by atoms with E-state index in [-0.39, 0.29) is 35.4 Å². The Kier molecular flexibility index (Phi) is 8.38. The van der Waals surface area contributed by atoms with Crippen LogP contribution in [-0.2, 0) is 42.2 Å². The van der Waals surface area contributed by atoms with Gasteiger partial charge < -0.3 is 18.9 Å². The van der Waals surface area contributed by atoms with Gasteiger partial charge in [0.2, 0.25) is 11.8 Å². The van der Waals surface area contributed by atoms with Gasteiger partial charge in [-0.3, -0.25) is 33.7 Å². The Morgan fingerprint density at radius 1 is 0.897 bits per heavy atom. The van der Waals surface area contributed by atoms with Crippen molar-refractivity contribution in [3.63, 3.8) is 0 Å². The van der Waals surface area contributed by atoms with E-state index in [9.17, 15) is 19.2 Å². The molecule has 1 N–H and O–H groups in total. The summed E-state index contributed by atoms with van der Waals surface area (Å²) in [6.45, 7) is 4.17. The lowest BCUT2D eigenvalue weighted by molar-refractivity contribution is -0.135. The van der Waals surface area contributed by atoms with Gasteiger partial charge in [-0.2, -0.15) is 0 Å². The fourth-order valence-electron chi connectivity index (χ4n) is 9.59. The Bertz CT molecular complexity index is 2820. The largest absolute Gasteiger partial charge is 0.496 e. The molecule has 4 aliphatic rings. The van der Waals surface area contributed by atoms with E-state index in [1.807, 2.05) is 30.5 Å². The highest BCUT2D eigenvalue weighted by Gasteiger charge is 2.49. The van der Waals surface area contributed by atoms with Crippen LogP contribution in [0.4, 0.5) is 5.82 Å². The summed E-state index contributed by atoms with van der Waals surface area (Å²) in [5, 5.41) is 3.83. The second kappa shape index (κ2) is 13.4. The summed E-state index contributed by atoms with van der Waals surface area (Å²) in [6, 6.07) is 17.9. The predicted octanol–water partition coefficient (Wildman–Crippen LogP) is 5.17. The first-order valence-electron chi connectivity index (χ1n) is 20.0. The van der Waals surface area contributed by atoms with Crippen molar-refractivity contribution in [3.8, 4) is 33.8 Å². The monoisotopic (exact) mass is 779 g/mol. The second-order valence-electron chi connectivity index (χ2n) is 16.4. The fraction of sp³-hybridized carbons (Fsp3) is 0.356. The summed E-state index contributed by atoms with van der Waals surface area (Å²) in [4.78, 5) is 60.9. The first kappa shape index (κ1) is 36.2. The number of methoxy groups -OCH3 is 2. The third-order valence-corrected chi connectivity index (χ3v) is 12.9. The molecule has 6 heterocycles. The average Bonchev–Trinajstić information content (AvgIpc) is 3.92. The van der Waals surface area contributed by atoms with Crippen LogP contribution in [0.2, 0.25) is 0 Å². The second-order valence-corrected chi connectivity index (χ2v) is 16.4. The molecule has 13 heteroatoms. The number of ether oxygens (including phenoxy) is 2. The maximum atomic E-state index is 13.7. The SMILES string of the molecule is COc1cc(-c2cn(C)c(=O)c3cnc(N4CCC4)cc23)cc(OC)c1CN1Cc2ccc(-c3cccc4c3n(C)c(=O)n4C3CCC(=O)NC3=O)cc2C2(CC2)C1. The highest BCUT2D eigenvalue weighted by atomic mass is 16.5. The zero-order valence-electron chi connectivity index (χ0n) is 33.1. The number of nitrogens with zero attached hydrogens (tertiary/aromatic N) is 6. The Labute approximate surface area is 334 Å². The molecule has 2 saturated heterocycles. The van der Waals surface area contributed by atoms with Gasteiger partial charge in [0, 0.05) is 87.6 Å². The van der Waals surface area contributed by atoms with Gasteiger partial charge >= 0.3 is 5.69 Å². The van der Waals surface area contributed by atoms with Crippen molar-refractivity contribution in [1.82, 2.24) is 28.9 Å². The van der Waals surface area contributed by atoms with E-state index in [4.69, 9.17) is 9.47 Å². The predicted molar refractivity (Wildman–Crippen MR) is 221 cm³/mol. The zero-order chi connectivity index (χ0) is 40.0. The van der Waals surface area contributed by atoms with E-state index in [1.165, 1.54) is 11.1 Å². The maximum Gasteiger partial charge on any atom is 0.329 e. The number of imidazole rings is 1. The van der Waals surface area contributed by atoms with Crippen LogP contribution >= 0.6 is 0 Å². The van der Waals surface area contributed by atoms with Gasteiger partial charge in [0.1, 0.15) is 23.4 Å². The third-order valence-electron chi connectivity index (χ3n) is 12.9. The number of hydrogen-bond acceptors (Lipinski definition) is 9. The van der Waals surface area contributed by atoms with Crippen molar-refractivity contribution in [2.75, 3.05) is 38.8 Å². The molecule has 3 aromatic heterocycles. The molecule has 6 aromatic rings. The lowest BCUT2D eigenvalue weighted by Gasteiger charge is -2.36. The van der Waals surface area contributed by atoms with Gasteiger partial charge in [-0.05, 0) is 72.2 Å². The van der Waals surface area contributed by atoms with E-state index in [0.717, 1.165) is 101 Å². The lowest BCUT2D eigenvalue weighted by Crippen LogP contribution is -2.44. The summed E-state index contributed by atoms with van der Waals surface area (Å²) >= 11 is 0. The molecule has 1 atom stereocenters. The minimum absolute atomic E-state index is 0.0123. The zero-order valence-corrected chi connectivity index (χ0v) is 33.1. The summed E-state index contributed by atoms with van der Waals surface area (Å²) in [5.41, 5.74) is 8.43. The number of imide groups is 1. The first-order chi connectivity index (χ1) is 28.1. The van der Waals surface area contributed by atoms with Crippen LogP contribution in [0.5, 0.6) is 11.5 Å². The first-order valence-corrected chi connectivity index (χ1v) is 20.0. The highest BCUT2D eigenvalue weighted by molar-refractivity contribution is 6.01. The number of anilines is 1. The van der Waals surface area contributed by atoms with Gasteiger partial charge in [-0.1, -0.05) is 30.3 Å². The normalized spacial score (nSPS) is 18.7. The van der Waals surface area contributed by atoms with E-state index >= 15 is 0 Å². The summed E-state index contributed by atoms with van der Waals surface area (Å²) < 4.78 is 17.0. The van der Waals surface area contributed by atoms with Gasteiger partial charge in [0.05, 0.1) is 36.2 Å². The van der Waals surface area contributed by atoms with Gasteiger partial charge in [0.25, 0.3) is 5.56 Å². The fourth-order valence-corrected chi connectivity index (χ4v) is 9.59. The quantitative estimate of drug-likeness (QED) is 0.208. The molecule has 1 spiro atoms. The van der Waals surface area contributed by atoms with Crippen molar-refractivity contribution in [1.29, 1.82) is 0 Å². The highest BCUT2D eigenvalue weighted by Crippen LogP contribution is 2.54. The molecule has 3 fully saturated rings. The maximum absolute atomic E-state index is 13.7. The molecule has 3 aliphatic heterocycles. The molecule has 1 unspecified atom stereocenters. The number of para-hydroxylation sites is 1. The van der Waals surface area contributed by atoms with Crippen LogP contribution in [0, 0.1) is 0 Å². The number of pyridine rings is 2. The van der Waals surface area contributed by atoms with Gasteiger partial charge in [0.15, 0.2) is 0 Å². The van der Waals surface area contributed by atoms with Gasteiger partial charge in [-0.25, -0.2) is 9.78 Å². The summed E-state index contributed by atoms with van der Waals surface area (Å²) in [6.07, 6.45) is 7.36. The number of fused-ring (bicyclic) bond motifs is 4. The van der Waals surface area contributed by atoms with Crippen molar-refractivity contribution < 1.29 is 19.1 Å². The number of amides is 2. The minimum Gasteiger partial charge on any atom is -0.496 e. The number of nitrogens with one attached hydrogen (secondary N) is 1.